The van der Waals surface area contributed by atoms with Gasteiger partial charge in [0, 0.05) is 0 Å². The van der Waals surface area contributed by atoms with Crippen LogP contribution < -0.4 is 0 Å². The molecule has 0 aliphatic carbocycles. The van der Waals surface area contributed by atoms with Crippen LogP contribution in [0.2, 0.25) is 5.02 Å². The van der Waals surface area contributed by atoms with Gasteiger partial charge < -0.3 is 9.55 Å². The first-order valence-corrected chi connectivity index (χ1v) is 5.64. The van der Waals surface area contributed by atoms with Gasteiger partial charge in [0.2, 0.25) is 0 Å². The average Bonchev–Trinajstić information content (AvgIpc) is 2.57. The number of para-hydroxylation sites is 1. The number of benzene rings is 1. The van der Waals surface area contributed by atoms with Gasteiger partial charge in [-0.25, -0.2) is 8.78 Å². The second kappa shape index (κ2) is 4.55. The monoisotopic (exact) mass is 298 g/mol. The van der Waals surface area contributed by atoms with E-state index in [4.69, 9.17) is 23.8 Å². The van der Waals surface area contributed by atoms with E-state index in [1.54, 1.807) is 6.07 Å². The molecule has 0 spiro atoms. The first-order chi connectivity index (χ1) is 8.33. The molecule has 2 nitrogen and oxygen atoms in total. The lowest BCUT2D eigenvalue weighted by atomic mass is 10.3. The third kappa shape index (κ3) is 2.24. The molecule has 0 aliphatic heterocycles. The van der Waals surface area contributed by atoms with E-state index in [0.717, 1.165) is 4.57 Å². The maximum Gasteiger partial charge on any atom is 0.324 e. The summed E-state index contributed by atoms with van der Waals surface area (Å²) < 4.78 is 51.3. The number of nitrogens with one attached hydrogen (secondary N) is 1. The number of aromatic amines is 1. The number of hydrogen-bond acceptors (Lipinski definition) is 1. The van der Waals surface area contributed by atoms with Crippen molar-refractivity contribution in [3.8, 4) is 0 Å². The highest BCUT2D eigenvalue weighted by molar-refractivity contribution is 7.71. The Balaban J connectivity index is 2.56. The summed E-state index contributed by atoms with van der Waals surface area (Å²) in [4.78, 5) is 2.62. The van der Waals surface area contributed by atoms with Crippen molar-refractivity contribution in [2.75, 3.05) is 0 Å². The first-order valence-electron chi connectivity index (χ1n) is 4.86. The van der Waals surface area contributed by atoms with Crippen molar-refractivity contribution in [3.63, 3.8) is 0 Å². The lowest BCUT2D eigenvalue weighted by Crippen LogP contribution is -2.32. The molecule has 0 fully saturated rings. The van der Waals surface area contributed by atoms with Crippen molar-refractivity contribution in [2.45, 2.75) is 18.9 Å². The molecule has 0 unspecified atom stereocenters. The van der Waals surface area contributed by atoms with Crippen molar-refractivity contribution < 1.29 is 17.6 Å². The fourth-order valence-corrected chi connectivity index (χ4v) is 2.06. The molecule has 1 aromatic carbocycles. The van der Waals surface area contributed by atoms with Gasteiger partial charge in [-0.05, 0) is 24.4 Å². The van der Waals surface area contributed by atoms with E-state index in [0.29, 0.717) is 5.52 Å². The summed E-state index contributed by atoms with van der Waals surface area (Å²) in [6.07, 6.45) is -3.75. The Morgan fingerprint density at radius 2 is 2.06 bits per heavy atom. The molecule has 2 aromatic rings. The highest BCUT2D eigenvalue weighted by Crippen LogP contribution is 2.29. The minimum absolute atomic E-state index is 0.0709. The van der Waals surface area contributed by atoms with Gasteiger partial charge in [0.15, 0.2) is 4.77 Å². The van der Waals surface area contributed by atoms with Crippen LogP contribution in [-0.4, -0.2) is 21.9 Å². The van der Waals surface area contributed by atoms with Crippen LogP contribution in [0, 0.1) is 4.77 Å². The Morgan fingerprint density at radius 3 is 2.67 bits per heavy atom. The topological polar surface area (TPSA) is 20.7 Å². The highest BCUT2D eigenvalue weighted by Gasteiger charge is 2.41. The minimum atomic E-state index is -4.14. The lowest BCUT2D eigenvalue weighted by Gasteiger charge is -2.16. The third-order valence-corrected chi connectivity index (χ3v) is 3.09. The van der Waals surface area contributed by atoms with Gasteiger partial charge in [0.1, 0.15) is 0 Å². The van der Waals surface area contributed by atoms with Gasteiger partial charge in [-0.2, -0.15) is 8.78 Å². The maximum absolute atomic E-state index is 13.1. The van der Waals surface area contributed by atoms with Gasteiger partial charge in [-0.3, -0.25) is 0 Å². The molecule has 0 atom stereocenters. The van der Waals surface area contributed by atoms with Crippen LogP contribution in [0.25, 0.3) is 11.0 Å². The molecule has 0 bridgehead atoms. The van der Waals surface area contributed by atoms with Gasteiger partial charge >= 0.3 is 12.3 Å². The highest BCUT2D eigenvalue weighted by atomic mass is 35.5. The van der Waals surface area contributed by atoms with Gasteiger partial charge in [0.25, 0.3) is 0 Å². The zero-order valence-electron chi connectivity index (χ0n) is 8.76. The summed E-state index contributed by atoms with van der Waals surface area (Å²) in [5.41, 5.74) is 0.627. The summed E-state index contributed by atoms with van der Waals surface area (Å²) in [5.74, 6) is -4.14. The fraction of sp³-hybridized carbons (Fsp3) is 0.300. The second-order valence-corrected chi connectivity index (χ2v) is 4.51. The van der Waals surface area contributed by atoms with E-state index < -0.39 is 18.9 Å². The number of halogens is 5. The van der Waals surface area contributed by atoms with E-state index in [1.807, 2.05) is 0 Å². The van der Waals surface area contributed by atoms with Crippen LogP contribution in [0.3, 0.4) is 0 Å². The van der Waals surface area contributed by atoms with Crippen molar-refractivity contribution in [1.29, 1.82) is 0 Å². The fourth-order valence-electron chi connectivity index (χ4n) is 1.58. The molecule has 0 radical (unpaired) electrons. The molecule has 18 heavy (non-hydrogen) atoms. The molecule has 8 heteroatoms. The van der Waals surface area contributed by atoms with Crippen molar-refractivity contribution in [3.05, 3.63) is 28.0 Å². The summed E-state index contributed by atoms with van der Waals surface area (Å²) in [5, 5.41) is 0.290. The largest absolute Gasteiger partial charge is 0.329 e. The zero-order chi connectivity index (χ0) is 13.5. The van der Waals surface area contributed by atoms with Gasteiger partial charge in [0.05, 0.1) is 22.6 Å². The Kier molecular flexibility index (Phi) is 3.37. The molecular weight excluding hydrogens is 292 g/mol. The summed E-state index contributed by atoms with van der Waals surface area (Å²) in [6.45, 7) is -1.19. The third-order valence-electron chi connectivity index (χ3n) is 2.45. The number of hydrogen-bond donors (Lipinski definition) is 1. The Labute approximate surface area is 109 Å². The Hall–Kier alpha value is -1.08. The van der Waals surface area contributed by atoms with E-state index in [9.17, 15) is 17.6 Å². The molecular formula is C10H7ClF4N2S. The Morgan fingerprint density at radius 1 is 1.39 bits per heavy atom. The first kappa shape index (κ1) is 13.4. The average molecular weight is 299 g/mol. The normalized spacial score (nSPS) is 12.6. The predicted molar refractivity (Wildman–Crippen MR) is 63.1 cm³/mol. The maximum atomic E-state index is 13.1. The lowest BCUT2D eigenvalue weighted by molar-refractivity contribution is -0.137. The zero-order valence-corrected chi connectivity index (χ0v) is 10.3. The van der Waals surface area contributed by atoms with Crippen LogP contribution in [0.4, 0.5) is 17.6 Å². The van der Waals surface area contributed by atoms with Crippen molar-refractivity contribution in [1.82, 2.24) is 9.55 Å². The number of H-pyrrole nitrogens is 1. The summed E-state index contributed by atoms with van der Waals surface area (Å²) in [6, 6.07) is 4.56. The molecule has 0 aliphatic rings. The number of imidazole rings is 1. The van der Waals surface area contributed by atoms with Crippen molar-refractivity contribution >= 4 is 34.9 Å². The molecule has 98 valence electrons. The van der Waals surface area contributed by atoms with Gasteiger partial charge in [-0.1, -0.05) is 17.7 Å². The number of aromatic nitrogens is 2. The predicted octanol–water partition coefficient (Wildman–Crippen LogP) is 4.25. The minimum Gasteiger partial charge on any atom is -0.329 e. The summed E-state index contributed by atoms with van der Waals surface area (Å²) in [7, 11) is 0. The number of alkyl halides is 4. The van der Waals surface area contributed by atoms with Crippen LogP contribution in [0.5, 0.6) is 0 Å². The molecule has 0 saturated heterocycles. The summed E-state index contributed by atoms with van der Waals surface area (Å²) >= 11 is 10.7. The molecule has 0 amide bonds. The van der Waals surface area contributed by atoms with Crippen LogP contribution in [0.15, 0.2) is 18.2 Å². The number of fused-ring (bicyclic) bond motifs is 1. The smallest absolute Gasteiger partial charge is 0.324 e. The number of nitrogens with zero attached hydrogens (tertiary/aromatic N) is 1. The second-order valence-electron chi connectivity index (χ2n) is 3.71. The van der Waals surface area contributed by atoms with E-state index >= 15 is 0 Å². The Bertz CT molecular complexity index is 634. The quantitative estimate of drug-likeness (QED) is 0.663. The molecule has 1 N–H and O–H groups in total. The molecule has 2 rings (SSSR count). The van der Waals surface area contributed by atoms with Crippen LogP contribution in [0.1, 0.15) is 0 Å². The van der Waals surface area contributed by atoms with Crippen LogP contribution >= 0.6 is 23.8 Å². The van der Waals surface area contributed by atoms with E-state index in [1.165, 1.54) is 12.1 Å². The molecule has 0 saturated carbocycles. The van der Waals surface area contributed by atoms with Gasteiger partial charge in [-0.15, -0.1) is 0 Å². The van der Waals surface area contributed by atoms with Crippen LogP contribution in [-0.2, 0) is 6.54 Å². The number of rotatable bonds is 3. The van der Waals surface area contributed by atoms with E-state index in [2.05, 4.69) is 4.98 Å². The SMILES string of the molecule is FC(F)C(F)(F)Cn1c(=S)[nH]c2c(Cl)cccc21. The molecule has 1 aromatic heterocycles. The van der Waals surface area contributed by atoms with E-state index in [-0.39, 0.29) is 15.3 Å². The molecule has 1 heterocycles. The standard InChI is InChI=1S/C10H7ClF4N2S/c11-5-2-1-3-6-7(5)16-9(18)17(6)4-10(14,15)8(12)13/h1-3,8H,4H2,(H,16,18). The van der Waals surface area contributed by atoms with Crippen molar-refractivity contribution in [2.24, 2.45) is 0 Å².